The minimum atomic E-state index is -3.87. The van der Waals surface area contributed by atoms with Crippen LogP contribution in [0.3, 0.4) is 0 Å². The van der Waals surface area contributed by atoms with Crippen molar-refractivity contribution in [1.29, 1.82) is 0 Å². The Kier molecular flexibility index (Phi) is 5.81. The van der Waals surface area contributed by atoms with Crippen molar-refractivity contribution in [3.8, 4) is 0 Å². The molecule has 14 heavy (non-hydrogen) atoms. The average Bonchev–Trinajstić information content (AvgIpc) is 1.42. The van der Waals surface area contributed by atoms with E-state index >= 15 is 0 Å². The summed E-state index contributed by atoms with van der Waals surface area (Å²) in [6, 6.07) is 0. The number of rotatable bonds is 2. The van der Waals surface area contributed by atoms with Gasteiger partial charge in [-0.3, -0.25) is 0 Å². The molecule has 0 aromatic heterocycles. The highest BCUT2D eigenvalue weighted by Gasteiger charge is 2.10. The Labute approximate surface area is 83.4 Å². The minimum absolute atomic E-state index is 0.661. The van der Waals surface area contributed by atoms with Crippen LogP contribution in [0.25, 0.3) is 0 Å². The Morgan fingerprint density at radius 3 is 0.929 bits per heavy atom. The summed E-state index contributed by atoms with van der Waals surface area (Å²) in [7, 11) is -10.9. The van der Waals surface area contributed by atoms with Crippen LogP contribution in [-0.2, 0) is 33.9 Å². The van der Waals surface area contributed by atoms with Gasteiger partial charge in [0.2, 0.25) is 10.0 Å². The SMILES string of the molecule is CS(=O)(=O)OS(C)(=O)=O.CS(N)(=O)=O. The lowest BCUT2D eigenvalue weighted by molar-refractivity contribution is 0.471. The Balaban J connectivity index is 0. The van der Waals surface area contributed by atoms with Gasteiger partial charge in [0.15, 0.2) is 0 Å². The van der Waals surface area contributed by atoms with E-state index in [0.29, 0.717) is 12.5 Å². The molecule has 11 heteroatoms. The quantitative estimate of drug-likeness (QED) is 0.601. The Morgan fingerprint density at radius 2 is 0.929 bits per heavy atom. The topological polar surface area (TPSA) is 138 Å². The second kappa shape index (κ2) is 5.02. The van der Waals surface area contributed by atoms with Crippen LogP contribution in [0.15, 0.2) is 0 Å². The van der Waals surface area contributed by atoms with E-state index in [-0.39, 0.29) is 0 Å². The maximum absolute atomic E-state index is 10.0. The van der Waals surface area contributed by atoms with Crippen molar-refractivity contribution in [2.75, 3.05) is 18.8 Å². The lowest BCUT2D eigenvalue weighted by atomic mass is 12.0. The maximum Gasteiger partial charge on any atom is 0.278 e. The third-order valence-corrected chi connectivity index (χ3v) is 2.22. The number of primary sulfonamides is 1. The summed E-state index contributed by atoms with van der Waals surface area (Å²) in [4.78, 5) is 0. The van der Waals surface area contributed by atoms with Gasteiger partial charge in [0, 0.05) is 0 Å². The normalized spacial score (nSPS) is 12.9. The fourth-order valence-electron chi connectivity index (χ4n) is 0.225. The van der Waals surface area contributed by atoms with E-state index in [4.69, 9.17) is 0 Å². The van der Waals surface area contributed by atoms with Gasteiger partial charge in [0.25, 0.3) is 20.2 Å². The van der Waals surface area contributed by atoms with Crippen molar-refractivity contribution in [2.24, 2.45) is 5.14 Å². The van der Waals surface area contributed by atoms with Crippen molar-refractivity contribution < 1.29 is 28.9 Å². The molecule has 8 nitrogen and oxygen atoms in total. The average molecular weight is 269 g/mol. The first kappa shape index (κ1) is 16.2. The fraction of sp³-hybridized carbons (Fsp3) is 1.00. The lowest BCUT2D eigenvalue weighted by Crippen LogP contribution is -2.09. The second-order valence-corrected chi connectivity index (χ2v) is 7.33. The van der Waals surface area contributed by atoms with Crippen LogP contribution in [0.5, 0.6) is 0 Å². The molecule has 0 radical (unpaired) electrons. The summed E-state index contributed by atoms with van der Waals surface area (Å²) in [5, 5.41) is 4.33. The molecule has 0 bridgehead atoms. The molecule has 0 rings (SSSR count). The molecule has 0 fully saturated rings. The van der Waals surface area contributed by atoms with Crippen LogP contribution in [0.2, 0.25) is 0 Å². The van der Waals surface area contributed by atoms with Crippen LogP contribution in [-0.4, -0.2) is 44.0 Å². The monoisotopic (exact) mass is 269 g/mol. The summed E-state index contributed by atoms with van der Waals surface area (Å²) < 4.78 is 62.6. The van der Waals surface area contributed by atoms with Crippen LogP contribution >= 0.6 is 0 Å². The number of hydrogen-bond donors (Lipinski definition) is 1. The molecule has 0 aliphatic rings. The molecule has 0 aliphatic carbocycles. The molecule has 2 N–H and O–H groups in total. The summed E-state index contributed by atoms with van der Waals surface area (Å²) in [6.07, 6.45) is 2.26. The van der Waals surface area contributed by atoms with Gasteiger partial charge < -0.3 is 0 Å². The number of nitrogens with two attached hydrogens (primary N) is 1. The van der Waals surface area contributed by atoms with Gasteiger partial charge in [0.05, 0.1) is 18.8 Å². The third-order valence-electron chi connectivity index (χ3n) is 0.247. The first-order valence-corrected chi connectivity index (χ1v) is 8.38. The van der Waals surface area contributed by atoms with E-state index in [1.807, 2.05) is 0 Å². The van der Waals surface area contributed by atoms with Gasteiger partial charge in [-0.2, -0.15) is 16.8 Å². The van der Waals surface area contributed by atoms with Crippen molar-refractivity contribution >= 4 is 30.3 Å². The molecule has 0 unspecified atom stereocenters. The summed E-state index contributed by atoms with van der Waals surface area (Å²) in [5.74, 6) is 0. The van der Waals surface area contributed by atoms with Gasteiger partial charge in [-0.05, 0) is 0 Å². The van der Waals surface area contributed by atoms with E-state index < -0.39 is 30.3 Å². The van der Waals surface area contributed by atoms with Crippen LogP contribution in [0.1, 0.15) is 0 Å². The molecule has 0 aromatic carbocycles. The van der Waals surface area contributed by atoms with Crippen molar-refractivity contribution in [2.45, 2.75) is 0 Å². The van der Waals surface area contributed by atoms with Crippen molar-refractivity contribution in [3.05, 3.63) is 0 Å². The second-order valence-electron chi connectivity index (χ2n) is 2.31. The molecular weight excluding hydrogens is 258 g/mol. The van der Waals surface area contributed by atoms with Gasteiger partial charge >= 0.3 is 0 Å². The number of sulfonamides is 1. The Bertz CT molecular complexity index is 416. The highest BCUT2D eigenvalue weighted by molar-refractivity contribution is 7.99. The molecule has 0 amide bonds. The third kappa shape index (κ3) is 41.0. The van der Waals surface area contributed by atoms with Crippen LogP contribution < -0.4 is 5.14 Å². The minimum Gasteiger partial charge on any atom is -0.229 e. The van der Waals surface area contributed by atoms with E-state index in [2.05, 4.69) is 8.77 Å². The summed E-state index contributed by atoms with van der Waals surface area (Å²) >= 11 is 0. The van der Waals surface area contributed by atoms with Gasteiger partial charge in [-0.1, -0.05) is 0 Å². The molecule has 0 spiro atoms. The standard InChI is InChI=1S/C2H6O5S2.CH5NO2S/c1-8(3,4)7-9(2,5)6;1-5(2,3)4/h1-2H3;1H3,(H2,2,3,4). The molecule has 0 heterocycles. The Hall–Kier alpha value is -0.230. The zero-order valence-corrected chi connectivity index (χ0v) is 10.1. The van der Waals surface area contributed by atoms with Crippen molar-refractivity contribution in [3.63, 3.8) is 0 Å². The van der Waals surface area contributed by atoms with E-state index in [0.717, 1.165) is 6.26 Å². The van der Waals surface area contributed by atoms with Crippen LogP contribution in [0.4, 0.5) is 0 Å². The van der Waals surface area contributed by atoms with Gasteiger partial charge in [-0.15, -0.1) is 3.63 Å². The molecule has 0 saturated carbocycles. The Morgan fingerprint density at radius 1 is 0.786 bits per heavy atom. The lowest BCUT2D eigenvalue weighted by Gasteiger charge is -1.92. The zero-order valence-electron chi connectivity index (χ0n) is 7.66. The van der Waals surface area contributed by atoms with E-state index in [9.17, 15) is 25.3 Å². The van der Waals surface area contributed by atoms with E-state index in [1.165, 1.54) is 0 Å². The number of hydrogen-bond acceptors (Lipinski definition) is 7. The molecule has 0 aliphatic heterocycles. The van der Waals surface area contributed by atoms with Gasteiger partial charge in [-0.25, -0.2) is 13.6 Å². The predicted molar refractivity (Wildman–Crippen MR) is 49.8 cm³/mol. The molecule has 0 saturated heterocycles. The molecule has 88 valence electrons. The maximum atomic E-state index is 10.0. The largest absolute Gasteiger partial charge is 0.278 e. The zero-order chi connectivity index (χ0) is 12.2. The van der Waals surface area contributed by atoms with Crippen molar-refractivity contribution in [1.82, 2.24) is 0 Å². The molecule has 0 aromatic rings. The van der Waals surface area contributed by atoms with E-state index in [1.54, 1.807) is 0 Å². The highest BCUT2D eigenvalue weighted by atomic mass is 32.3. The predicted octanol–water partition coefficient (Wildman–Crippen LogP) is -2.17. The smallest absolute Gasteiger partial charge is 0.229 e. The van der Waals surface area contributed by atoms with Crippen LogP contribution in [0, 0.1) is 0 Å². The molecular formula is C3H11NO7S3. The van der Waals surface area contributed by atoms with Gasteiger partial charge in [0.1, 0.15) is 0 Å². The summed E-state index contributed by atoms with van der Waals surface area (Å²) in [6.45, 7) is 0. The first-order valence-electron chi connectivity index (χ1n) is 2.79. The fourth-order valence-corrected chi connectivity index (χ4v) is 2.02. The summed E-state index contributed by atoms with van der Waals surface area (Å²) in [5.41, 5.74) is 0. The highest BCUT2D eigenvalue weighted by Crippen LogP contribution is 1.92. The first-order chi connectivity index (χ1) is 5.71. The molecule has 0 atom stereocenters.